The number of hydrogen-bond donors (Lipinski definition) is 1. The van der Waals surface area contributed by atoms with Crippen molar-refractivity contribution >= 4 is 5.69 Å². The molecule has 0 bridgehead atoms. The van der Waals surface area contributed by atoms with Crippen molar-refractivity contribution in [2.45, 2.75) is 32.6 Å². The van der Waals surface area contributed by atoms with Crippen LogP contribution in [0.25, 0.3) is 0 Å². The molecule has 2 nitrogen and oxygen atoms in total. The highest BCUT2D eigenvalue weighted by Gasteiger charge is 2.34. The summed E-state index contributed by atoms with van der Waals surface area (Å²) in [5.74, 6) is -1.98. The van der Waals surface area contributed by atoms with Crippen LogP contribution in [0.15, 0.2) is 12.1 Å². The Morgan fingerprint density at radius 3 is 2.00 bits per heavy atom. The van der Waals surface area contributed by atoms with Crippen LogP contribution < -0.4 is 10.2 Å². The lowest BCUT2D eigenvalue weighted by Gasteiger charge is -2.30. The largest absolute Gasteiger partial charge is 0.405 e. The molecule has 1 aromatic rings. The molecule has 0 aliphatic heterocycles. The van der Waals surface area contributed by atoms with Crippen LogP contribution in [0.3, 0.4) is 0 Å². The van der Waals surface area contributed by atoms with E-state index < -0.39 is 36.1 Å². The van der Waals surface area contributed by atoms with Gasteiger partial charge in [-0.15, -0.1) is 0 Å². The van der Waals surface area contributed by atoms with Gasteiger partial charge in [0.1, 0.15) is 23.9 Å². The summed E-state index contributed by atoms with van der Waals surface area (Å²) in [5.41, 5.74) is -0.306. The van der Waals surface area contributed by atoms with Crippen molar-refractivity contribution in [3.05, 3.63) is 29.3 Å². The predicted octanol–water partition coefficient (Wildman–Crippen LogP) is 3.46. The van der Waals surface area contributed by atoms with Crippen LogP contribution in [0.1, 0.15) is 19.4 Å². The first kappa shape index (κ1) is 16.7. The summed E-state index contributed by atoms with van der Waals surface area (Å²) < 4.78 is 65.4. The average molecular weight is 296 g/mol. The Labute approximate surface area is 114 Å². The molecule has 0 aromatic heterocycles. The van der Waals surface area contributed by atoms with Crippen molar-refractivity contribution < 1.29 is 22.0 Å². The lowest BCUT2D eigenvalue weighted by atomic mass is 10.1. The molecule has 7 heteroatoms. The van der Waals surface area contributed by atoms with E-state index in [9.17, 15) is 22.0 Å². The molecule has 1 N–H and O–H groups in total. The Bertz CT molecular complexity index is 434. The first-order chi connectivity index (χ1) is 9.15. The van der Waals surface area contributed by atoms with Crippen LogP contribution in [0.2, 0.25) is 0 Å². The zero-order valence-corrected chi connectivity index (χ0v) is 11.5. The summed E-state index contributed by atoms with van der Waals surface area (Å²) in [6.07, 6.45) is -4.53. The number of nitrogens with one attached hydrogen (secondary N) is 1. The molecule has 1 rings (SSSR count). The lowest BCUT2D eigenvalue weighted by Crippen LogP contribution is -2.40. The molecular formula is C13H17F5N2. The number of alkyl halides is 3. The SMILES string of the molecule is CNCc1cc(F)c(N(CC(F)(F)F)C(C)C)c(F)c1. The molecule has 0 spiro atoms. The summed E-state index contributed by atoms with van der Waals surface area (Å²) >= 11 is 0. The standard InChI is InChI=1S/C13H17F5N2/c1-8(2)20(7-13(16,17)18)12-10(14)4-9(6-19-3)5-11(12)15/h4-5,8,19H,6-7H2,1-3H3. The van der Waals surface area contributed by atoms with Gasteiger partial charge in [-0.05, 0) is 38.6 Å². The maximum atomic E-state index is 13.9. The quantitative estimate of drug-likeness (QED) is 0.837. The zero-order valence-electron chi connectivity index (χ0n) is 11.5. The van der Waals surface area contributed by atoms with E-state index in [2.05, 4.69) is 5.32 Å². The molecule has 1 aromatic carbocycles. The highest BCUT2D eigenvalue weighted by atomic mass is 19.4. The maximum absolute atomic E-state index is 13.9. The Balaban J connectivity index is 3.20. The van der Waals surface area contributed by atoms with Crippen LogP contribution >= 0.6 is 0 Å². The summed E-state index contributed by atoms with van der Waals surface area (Å²) in [6.45, 7) is 1.73. The fourth-order valence-corrected chi connectivity index (χ4v) is 1.91. The molecule has 0 fully saturated rings. The van der Waals surface area contributed by atoms with E-state index in [1.807, 2.05) is 0 Å². The van der Waals surface area contributed by atoms with Gasteiger partial charge in [-0.1, -0.05) is 0 Å². The van der Waals surface area contributed by atoms with Crippen molar-refractivity contribution in [3.63, 3.8) is 0 Å². The van der Waals surface area contributed by atoms with Gasteiger partial charge < -0.3 is 10.2 Å². The van der Waals surface area contributed by atoms with E-state index in [-0.39, 0.29) is 6.54 Å². The van der Waals surface area contributed by atoms with Gasteiger partial charge in [0.15, 0.2) is 0 Å². The van der Waals surface area contributed by atoms with Crippen molar-refractivity contribution in [1.82, 2.24) is 5.32 Å². The van der Waals surface area contributed by atoms with Crippen molar-refractivity contribution in [2.24, 2.45) is 0 Å². The van der Waals surface area contributed by atoms with E-state index in [0.717, 1.165) is 12.1 Å². The zero-order chi connectivity index (χ0) is 15.5. The van der Waals surface area contributed by atoms with E-state index in [1.165, 1.54) is 13.8 Å². The van der Waals surface area contributed by atoms with E-state index in [4.69, 9.17) is 0 Å². The second-order valence-electron chi connectivity index (χ2n) is 4.78. The fraction of sp³-hybridized carbons (Fsp3) is 0.538. The second kappa shape index (κ2) is 6.39. The topological polar surface area (TPSA) is 15.3 Å². The number of benzene rings is 1. The molecule has 0 aliphatic carbocycles. The third kappa shape index (κ3) is 4.33. The van der Waals surface area contributed by atoms with Crippen LogP contribution in [-0.4, -0.2) is 25.8 Å². The monoisotopic (exact) mass is 296 g/mol. The first-order valence-corrected chi connectivity index (χ1v) is 6.11. The Morgan fingerprint density at radius 1 is 1.15 bits per heavy atom. The second-order valence-corrected chi connectivity index (χ2v) is 4.78. The number of rotatable bonds is 5. The minimum atomic E-state index is -4.53. The smallest absolute Gasteiger partial charge is 0.355 e. The van der Waals surface area contributed by atoms with Gasteiger partial charge in [0, 0.05) is 12.6 Å². The summed E-state index contributed by atoms with van der Waals surface area (Å²) in [4.78, 5) is 0.674. The number of nitrogens with zero attached hydrogens (tertiary/aromatic N) is 1. The molecule has 114 valence electrons. The minimum Gasteiger partial charge on any atom is -0.355 e. The Hall–Kier alpha value is -1.37. The van der Waals surface area contributed by atoms with Crippen LogP contribution in [0.5, 0.6) is 0 Å². The number of hydrogen-bond acceptors (Lipinski definition) is 2. The minimum absolute atomic E-state index is 0.231. The molecule has 0 heterocycles. The van der Waals surface area contributed by atoms with Gasteiger partial charge in [-0.25, -0.2) is 8.78 Å². The fourth-order valence-electron chi connectivity index (χ4n) is 1.91. The van der Waals surface area contributed by atoms with Gasteiger partial charge >= 0.3 is 6.18 Å². The first-order valence-electron chi connectivity index (χ1n) is 6.11. The molecule has 0 atom stereocenters. The molecule has 0 unspecified atom stereocenters. The van der Waals surface area contributed by atoms with Gasteiger partial charge in [-0.3, -0.25) is 0 Å². The third-order valence-corrected chi connectivity index (χ3v) is 2.72. The van der Waals surface area contributed by atoms with E-state index >= 15 is 0 Å². The van der Waals surface area contributed by atoms with Gasteiger partial charge in [-0.2, -0.15) is 13.2 Å². The maximum Gasteiger partial charge on any atom is 0.405 e. The Morgan fingerprint density at radius 2 is 1.65 bits per heavy atom. The number of halogens is 5. The van der Waals surface area contributed by atoms with Gasteiger partial charge in [0.2, 0.25) is 0 Å². The highest BCUT2D eigenvalue weighted by Crippen LogP contribution is 2.30. The number of anilines is 1. The predicted molar refractivity (Wildman–Crippen MR) is 67.7 cm³/mol. The normalized spacial score (nSPS) is 12.1. The van der Waals surface area contributed by atoms with Crippen molar-refractivity contribution in [3.8, 4) is 0 Å². The average Bonchev–Trinajstić information content (AvgIpc) is 2.25. The summed E-state index contributed by atoms with van der Waals surface area (Å²) in [7, 11) is 1.60. The van der Waals surface area contributed by atoms with Crippen LogP contribution in [-0.2, 0) is 6.54 Å². The highest BCUT2D eigenvalue weighted by molar-refractivity contribution is 5.51. The lowest BCUT2D eigenvalue weighted by molar-refractivity contribution is -0.120. The molecular weight excluding hydrogens is 279 g/mol. The van der Waals surface area contributed by atoms with E-state index in [1.54, 1.807) is 7.05 Å². The molecule has 0 aliphatic rings. The summed E-state index contributed by atoms with van der Waals surface area (Å²) in [6, 6.07) is 1.40. The van der Waals surface area contributed by atoms with Crippen LogP contribution in [0.4, 0.5) is 27.6 Å². The third-order valence-electron chi connectivity index (χ3n) is 2.72. The summed E-state index contributed by atoms with van der Waals surface area (Å²) in [5, 5.41) is 2.72. The molecule has 0 amide bonds. The molecule has 0 radical (unpaired) electrons. The van der Waals surface area contributed by atoms with Crippen LogP contribution in [0, 0.1) is 11.6 Å². The van der Waals surface area contributed by atoms with Gasteiger partial charge in [0.25, 0.3) is 0 Å². The molecule has 0 saturated heterocycles. The van der Waals surface area contributed by atoms with E-state index in [0.29, 0.717) is 10.5 Å². The molecule has 20 heavy (non-hydrogen) atoms. The Kier molecular flexibility index (Phi) is 5.33. The van der Waals surface area contributed by atoms with Crippen molar-refractivity contribution in [2.75, 3.05) is 18.5 Å². The molecule has 0 saturated carbocycles. The van der Waals surface area contributed by atoms with Crippen molar-refractivity contribution in [1.29, 1.82) is 0 Å². The van der Waals surface area contributed by atoms with Gasteiger partial charge in [0.05, 0.1) is 0 Å².